The molecular formula is C17H18N2O. The van der Waals surface area contributed by atoms with Gasteiger partial charge in [0.15, 0.2) is 0 Å². The lowest BCUT2D eigenvalue weighted by molar-refractivity contribution is 0.430. The second kappa shape index (κ2) is 5.47. The first kappa shape index (κ1) is 12.9. The molecule has 3 nitrogen and oxygen atoms in total. The van der Waals surface area contributed by atoms with Gasteiger partial charge in [0.1, 0.15) is 5.76 Å². The van der Waals surface area contributed by atoms with Gasteiger partial charge in [0.25, 0.3) is 0 Å². The Morgan fingerprint density at radius 3 is 2.90 bits per heavy atom. The third-order valence-corrected chi connectivity index (χ3v) is 3.48. The first-order valence-corrected chi connectivity index (χ1v) is 6.85. The average Bonchev–Trinajstić information content (AvgIpc) is 2.99. The molecule has 0 radical (unpaired) electrons. The number of nitrogens with zero attached hydrogens (tertiary/aromatic N) is 1. The molecular weight excluding hydrogens is 248 g/mol. The largest absolute Gasteiger partial charge is 0.468 e. The van der Waals surface area contributed by atoms with Gasteiger partial charge in [-0.3, -0.25) is 4.98 Å². The minimum atomic E-state index is 0.205. The van der Waals surface area contributed by atoms with E-state index in [4.69, 9.17) is 4.42 Å². The van der Waals surface area contributed by atoms with Crippen LogP contribution in [0.25, 0.3) is 10.9 Å². The van der Waals surface area contributed by atoms with Gasteiger partial charge >= 0.3 is 0 Å². The molecule has 3 rings (SSSR count). The van der Waals surface area contributed by atoms with Crippen LogP contribution in [0.4, 0.5) is 0 Å². The molecule has 0 aliphatic heterocycles. The van der Waals surface area contributed by atoms with Crippen molar-refractivity contribution in [2.45, 2.75) is 26.4 Å². The maximum absolute atomic E-state index is 5.39. The van der Waals surface area contributed by atoms with Gasteiger partial charge in [0.2, 0.25) is 0 Å². The number of hydrogen-bond donors (Lipinski definition) is 1. The molecule has 1 atom stereocenters. The van der Waals surface area contributed by atoms with Gasteiger partial charge in [-0.15, -0.1) is 0 Å². The second-order valence-corrected chi connectivity index (χ2v) is 5.10. The van der Waals surface area contributed by atoms with Crippen molar-refractivity contribution in [1.29, 1.82) is 0 Å². The van der Waals surface area contributed by atoms with Crippen LogP contribution in [0.15, 0.2) is 53.1 Å². The number of rotatable bonds is 4. The Kier molecular flexibility index (Phi) is 3.52. The number of furan rings is 1. The third-order valence-electron chi connectivity index (χ3n) is 3.48. The molecule has 0 saturated heterocycles. The van der Waals surface area contributed by atoms with Gasteiger partial charge in [-0.25, -0.2) is 0 Å². The Hall–Kier alpha value is -2.13. The number of aryl methyl sites for hydroxylation is 1. The Labute approximate surface area is 118 Å². The van der Waals surface area contributed by atoms with Crippen molar-refractivity contribution in [2.24, 2.45) is 0 Å². The van der Waals surface area contributed by atoms with E-state index in [1.165, 1.54) is 10.9 Å². The Morgan fingerprint density at radius 1 is 1.20 bits per heavy atom. The topological polar surface area (TPSA) is 38.1 Å². The summed E-state index contributed by atoms with van der Waals surface area (Å²) in [7, 11) is 0. The zero-order valence-electron chi connectivity index (χ0n) is 11.8. The minimum absolute atomic E-state index is 0.205. The number of benzene rings is 1. The molecule has 2 aromatic heterocycles. The minimum Gasteiger partial charge on any atom is -0.468 e. The molecule has 0 aliphatic carbocycles. The van der Waals surface area contributed by atoms with E-state index in [0.29, 0.717) is 0 Å². The molecule has 3 aromatic rings. The van der Waals surface area contributed by atoms with E-state index in [2.05, 4.69) is 41.5 Å². The molecule has 20 heavy (non-hydrogen) atoms. The van der Waals surface area contributed by atoms with Gasteiger partial charge in [0.05, 0.1) is 17.8 Å². The van der Waals surface area contributed by atoms with E-state index in [9.17, 15) is 0 Å². The van der Waals surface area contributed by atoms with Crippen molar-refractivity contribution < 1.29 is 4.42 Å². The van der Waals surface area contributed by atoms with Crippen LogP contribution in [-0.2, 0) is 6.54 Å². The Balaban J connectivity index is 1.73. The summed E-state index contributed by atoms with van der Waals surface area (Å²) < 4.78 is 5.39. The molecule has 2 heterocycles. The summed E-state index contributed by atoms with van der Waals surface area (Å²) in [6, 6.07) is 14.7. The fraction of sp³-hybridized carbons (Fsp3) is 0.235. The van der Waals surface area contributed by atoms with Crippen LogP contribution < -0.4 is 5.32 Å². The molecule has 0 aliphatic rings. The van der Waals surface area contributed by atoms with Crippen LogP contribution in [0.5, 0.6) is 0 Å². The molecule has 0 saturated carbocycles. The average molecular weight is 266 g/mol. The molecule has 0 amide bonds. The molecule has 102 valence electrons. The van der Waals surface area contributed by atoms with Crippen LogP contribution in [-0.4, -0.2) is 4.98 Å². The normalized spacial score (nSPS) is 12.7. The van der Waals surface area contributed by atoms with Crippen LogP contribution in [0, 0.1) is 6.92 Å². The smallest absolute Gasteiger partial charge is 0.120 e. The van der Waals surface area contributed by atoms with Crippen molar-refractivity contribution in [3.63, 3.8) is 0 Å². The van der Waals surface area contributed by atoms with Gasteiger partial charge in [-0.2, -0.15) is 0 Å². The van der Waals surface area contributed by atoms with Gasteiger partial charge in [0, 0.05) is 17.6 Å². The lowest BCUT2D eigenvalue weighted by Crippen LogP contribution is -2.17. The highest BCUT2D eigenvalue weighted by atomic mass is 16.3. The number of aromatic nitrogens is 1. The summed E-state index contributed by atoms with van der Waals surface area (Å²) >= 11 is 0. The monoisotopic (exact) mass is 266 g/mol. The van der Waals surface area contributed by atoms with Crippen LogP contribution in [0.1, 0.15) is 30.0 Å². The summed E-state index contributed by atoms with van der Waals surface area (Å²) in [6.07, 6.45) is 1.71. The zero-order chi connectivity index (χ0) is 13.9. The van der Waals surface area contributed by atoms with Crippen molar-refractivity contribution in [1.82, 2.24) is 10.3 Å². The summed E-state index contributed by atoms with van der Waals surface area (Å²) in [4.78, 5) is 4.52. The lowest BCUT2D eigenvalue weighted by atomic mass is 10.1. The highest BCUT2D eigenvalue weighted by Crippen LogP contribution is 2.17. The van der Waals surface area contributed by atoms with Gasteiger partial charge in [-0.05, 0) is 49.7 Å². The Morgan fingerprint density at radius 2 is 2.10 bits per heavy atom. The van der Waals surface area contributed by atoms with Crippen molar-refractivity contribution >= 4 is 10.9 Å². The SMILES string of the molecule is Cc1ccc2cc(CN[C@H](C)c3ccco3)ccc2n1. The van der Waals surface area contributed by atoms with E-state index in [1.54, 1.807) is 6.26 Å². The van der Waals surface area contributed by atoms with Gasteiger partial charge in [-0.1, -0.05) is 12.1 Å². The van der Waals surface area contributed by atoms with Crippen LogP contribution >= 0.6 is 0 Å². The van der Waals surface area contributed by atoms with Gasteiger partial charge < -0.3 is 9.73 Å². The third kappa shape index (κ3) is 2.73. The van der Waals surface area contributed by atoms with Crippen molar-refractivity contribution in [3.05, 3.63) is 65.7 Å². The molecule has 1 aromatic carbocycles. The van der Waals surface area contributed by atoms with E-state index >= 15 is 0 Å². The van der Waals surface area contributed by atoms with Crippen LogP contribution in [0.2, 0.25) is 0 Å². The zero-order valence-corrected chi connectivity index (χ0v) is 11.8. The number of nitrogens with one attached hydrogen (secondary N) is 1. The molecule has 0 bridgehead atoms. The fourth-order valence-electron chi connectivity index (χ4n) is 2.30. The number of hydrogen-bond acceptors (Lipinski definition) is 3. The maximum atomic E-state index is 5.39. The predicted molar refractivity (Wildman–Crippen MR) is 80.4 cm³/mol. The Bertz CT molecular complexity index is 704. The standard InChI is InChI=1S/C17H18N2O/c1-12-5-7-15-10-14(6-8-16(15)19-12)11-18-13(2)17-4-3-9-20-17/h3-10,13,18H,11H2,1-2H3/t13-/m1/s1. The molecule has 0 unspecified atom stereocenters. The highest BCUT2D eigenvalue weighted by Gasteiger charge is 2.07. The number of pyridine rings is 1. The fourth-order valence-corrected chi connectivity index (χ4v) is 2.30. The quantitative estimate of drug-likeness (QED) is 0.776. The lowest BCUT2D eigenvalue weighted by Gasteiger charge is -2.11. The van der Waals surface area contributed by atoms with E-state index in [-0.39, 0.29) is 6.04 Å². The molecule has 0 fully saturated rings. The summed E-state index contributed by atoms with van der Waals surface area (Å²) in [5, 5.41) is 4.64. The van der Waals surface area contributed by atoms with Crippen LogP contribution in [0.3, 0.4) is 0 Å². The predicted octanol–water partition coefficient (Wildman–Crippen LogP) is 3.99. The first-order valence-electron chi connectivity index (χ1n) is 6.85. The van der Waals surface area contributed by atoms with Crippen molar-refractivity contribution in [2.75, 3.05) is 0 Å². The van der Waals surface area contributed by atoms with E-state index in [1.807, 2.05) is 25.1 Å². The van der Waals surface area contributed by atoms with E-state index < -0.39 is 0 Å². The first-order chi connectivity index (χ1) is 9.72. The summed E-state index contributed by atoms with van der Waals surface area (Å²) in [5.74, 6) is 0.961. The summed E-state index contributed by atoms with van der Waals surface area (Å²) in [5.41, 5.74) is 3.35. The van der Waals surface area contributed by atoms with E-state index in [0.717, 1.165) is 23.5 Å². The second-order valence-electron chi connectivity index (χ2n) is 5.10. The molecule has 0 spiro atoms. The maximum Gasteiger partial charge on any atom is 0.120 e. The van der Waals surface area contributed by atoms with Crippen molar-refractivity contribution in [3.8, 4) is 0 Å². The number of fused-ring (bicyclic) bond motifs is 1. The molecule has 3 heteroatoms. The summed E-state index contributed by atoms with van der Waals surface area (Å²) in [6.45, 7) is 4.93. The highest BCUT2D eigenvalue weighted by molar-refractivity contribution is 5.79. The molecule has 1 N–H and O–H groups in total.